The summed E-state index contributed by atoms with van der Waals surface area (Å²) in [6.07, 6.45) is 7.29. The van der Waals surface area contributed by atoms with Crippen LogP contribution in [0.2, 0.25) is 0 Å². The Hall–Kier alpha value is -7.40. The van der Waals surface area contributed by atoms with Crippen LogP contribution in [0.5, 0.6) is 23.0 Å². The third-order valence-corrected chi connectivity index (χ3v) is 12.6. The number of para-hydroxylation sites is 8. The third kappa shape index (κ3) is 5.42. The van der Waals surface area contributed by atoms with Crippen molar-refractivity contribution in [3.63, 3.8) is 0 Å². The molecule has 10 heteroatoms. The summed E-state index contributed by atoms with van der Waals surface area (Å²) in [5.74, 6) is 3.15. The molecule has 10 aromatic rings. The molecular formula is C48H28N6O2S2. The Morgan fingerprint density at radius 3 is 1.19 bits per heavy atom. The van der Waals surface area contributed by atoms with Crippen molar-refractivity contribution in [3.05, 3.63) is 170 Å². The summed E-state index contributed by atoms with van der Waals surface area (Å²) in [5.41, 5.74) is 11.5. The normalized spacial score (nSPS) is 12.7. The monoisotopic (exact) mass is 784 g/mol. The highest BCUT2D eigenvalue weighted by Crippen LogP contribution is 2.55. The van der Waals surface area contributed by atoms with Gasteiger partial charge in [0.25, 0.3) is 0 Å². The molecule has 0 spiro atoms. The first kappa shape index (κ1) is 32.8. The molecule has 4 aromatic heterocycles. The number of nitrogens with zero attached hydrogens (tertiary/aromatic N) is 6. The average Bonchev–Trinajstić information content (AvgIpc) is 3.92. The predicted octanol–water partition coefficient (Wildman–Crippen LogP) is 13.8. The summed E-state index contributed by atoms with van der Waals surface area (Å²) in [4.78, 5) is 23.4. The lowest BCUT2D eigenvalue weighted by atomic mass is 9.97. The maximum atomic E-state index is 6.47. The number of anilines is 6. The van der Waals surface area contributed by atoms with Gasteiger partial charge in [0.2, 0.25) is 0 Å². The molecule has 2 aliphatic heterocycles. The standard InChI is InChI=1S/C48H28N6O2S2/c1-5-13-41-37(9-1)53(38-10-2-6-14-42(38)55-41)33-24-30(25-34(26-33)54-39-11-3-7-15-43(39)56-44-16-8-4-12-40(44)54)29-21-31(47-51-35-27-49-19-17-45(35)57-47)23-32(22-29)48-52-36-28-50-20-18-46(36)58-48/h1-28H. The Morgan fingerprint density at radius 1 is 0.397 bits per heavy atom. The molecule has 0 unspecified atom stereocenters. The van der Waals surface area contributed by atoms with Gasteiger partial charge in [0.1, 0.15) is 21.0 Å². The molecule has 6 aromatic carbocycles. The fraction of sp³-hybridized carbons (Fsp3) is 0. The quantitative estimate of drug-likeness (QED) is 0.171. The first-order valence-electron chi connectivity index (χ1n) is 18.7. The van der Waals surface area contributed by atoms with Gasteiger partial charge in [-0.3, -0.25) is 9.97 Å². The van der Waals surface area contributed by atoms with Crippen molar-refractivity contribution in [1.82, 2.24) is 19.9 Å². The summed E-state index contributed by atoms with van der Waals surface area (Å²) in [6, 6.07) is 50.3. The zero-order valence-corrected chi connectivity index (χ0v) is 32.1. The van der Waals surface area contributed by atoms with E-state index < -0.39 is 0 Å². The van der Waals surface area contributed by atoms with E-state index in [1.54, 1.807) is 22.7 Å². The molecule has 0 N–H and O–H groups in total. The van der Waals surface area contributed by atoms with Crippen LogP contribution in [0.1, 0.15) is 0 Å². The van der Waals surface area contributed by atoms with Crippen LogP contribution in [-0.4, -0.2) is 19.9 Å². The van der Waals surface area contributed by atoms with Gasteiger partial charge in [-0.2, -0.15) is 0 Å². The van der Waals surface area contributed by atoms with Crippen LogP contribution in [0.15, 0.2) is 170 Å². The number of thiazole rings is 2. The molecule has 6 heterocycles. The van der Waals surface area contributed by atoms with Gasteiger partial charge >= 0.3 is 0 Å². The summed E-state index contributed by atoms with van der Waals surface area (Å²) < 4.78 is 15.1. The summed E-state index contributed by atoms with van der Waals surface area (Å²) >= 11 is 3.32. The second-order valence-corrected chi connectivity index (χ2v) is 16.1. The fourth-order valence-corrected chi connectivity index (χ4v) is 9.67. The highest BCUT2D eigenvalue weighted by atomic mass is 32.1. The number of ether oxygens (including phenoxy) is 2. The van der Waals surface area contributed by atoms with E-state index >= 15 is 0 Å². The number of pyridine rings is 2. The second-order valence-electron chi connectivity index (χ2n) is 14.0. The first-order valence-corrected chi connectivity index (χ1v) is 20.4. The van der Waals surface area contributed by atoms with Crippen molar-refractivity contribution in [2.75, 3.05) is 9.80 Å². The third-order valence-electron chi connectivity index (χ3n) is 10.4. The maximum Gasteiger partial charge on any atom is 0.151 e. The van der Waals surface area contributed by atoms with Crippen molar-refractivity contribution in [3.8, 4) is 55.3 Å². The van der Waals surface area contributed by atoms with E-state index in [0.29, 0.717) is 0 Å². The highest BCUT2D eigenvalue weighted by molar-refractivity contribution is 7.22. The van der Waals surface area contributed by atoms with Gasteiger partial charge in [0.15, 0.2) is 23.0 Å². The molecule has 0 bridgehead atoms. The lowest BCUT2D eigenvalue weighted by Crippen LogP contribution is -2.18. The number of aromatic nitrogens is 4. The summed E-state index contributed by atoms with van der Waals surface area (Å²) in [5, 5.41) is 1.83. The molecule has 0 saturated heterocycles. The van der Waals surface area contributed by atoms with Crippen molar-refractivity contribution in [2.45, 2.75) is 0 Å². The number of hydrogen-bond acceptors (Lipinski definition) is 10. The zero-order chi connectivity index (χ0) is 38.2. The van der Waals surface area contributed by atoms with Crippen LogP contribution in [0.4, 0.5) is 34.1 Å². The molecule has 274 valence electrons. The van der Waals surface area contributed by atoms with E-state index in [4.69, 9.17) is 19.4 Å². The van der Waals surface area contributed by atoms with E-state index in [2.05, 4.69) is 105 Å². The average molecular weight is 785 g/mol. The van der Waals surface area contributed by atoms with Gasteiger partial charge in [0.05, 0.1) is 44.5 Å². The minimum absolute atomic E-state index is 0.787. The molecule has 0 aliphatic carbocycles. The Balaban J connectivity index is 1.13. The van der Waals surface area contributed by atoms with Crippen molar-refractivity contribution in [2.24, 2.45) is 0 Å². The number of hydrogen-bond donors (Lipinski definition) is 0. The first-order chi connectivity index (χ1) is 28.7. The van der Waals surface area contributed by atoms with Gasteiger partial charge < -0.3 is 19.3 Å². The number of fused-ring (bicyclic) bond motifs is 6. The van der Waals surface area contributed by atoms with E-state index in [1.807, 2.05) is 85.5 Å². The topological polar surface area (TPSA) is 76.5 Å². The Bertz CT molecular complexity index is 2890. The lowest BCUT2D eigenvalue weighted by molar-refractivity contribution is 0.477. The van der Waals surface area contributed by atoms with Crippen LogP contribution in [0.3, 0.4) is 0 Å². The van der Waals surface area contributed by atoms with Crippen LogP contribution < -0.4 is 19.3 Å². The molecule has 0 amide bonds. The van der Waals surface area contributed by atoms with Crippen LogP contribution in [0, 0.1) is 0 Å². The maximum absolute atomic E-state index is 6.47. The molecule has 0 saturated carbocycles. The highest BCUT2D eigenvalue weighted by Gasteiger charge is 2.30. The van der Waals surface area contributed by atoms with E-state index in [-0.39, 0.29) is 0 Å². The van der Waals surface area contributed by atoms with Gasteiger partial charge in [0, 0.05) is 34.9 Å². The van der Waals surface area contributed by atoms with Crippen LogP contribution in [-0.2, 0) is 0 Å². The van der Waals surface area contributed by atoms with E-state index in [1.165, 1.54) is 0 Å². The zero-order valence-electron chi connectivity index (χ0n) is 30.5. The molecular weight excluding hydrogens is 757 g/mol. The molecule has 8 nitrogen and oxygen atoms in total. The van der Waals surface area contributed by atoms with E-state index in [9.17, 15) is 0 Å². The largest absolute Gasteiger partial charge is 0.453 e. The van der Waals surface area contributed by atoms with Crippen molar-refractivity contribution < 1.29 is 9.47 Å². The molecule has 58 heavy (non-hydrogen) atoms. The Kier molecular flexibility index (Phi) is 7.40. The molecule has 0 atom stereocenters. The number of rotatable bonds is 5. The number of benzene rings is 6. The van der Waals surface area contributed by atoms with Crippen LogP contribution in [0.25, 0.3) is 52.7 Å². The Morgan fingerprint density at radius 2 is 0.776 bits per heavy atom. The molecule has 0 fully saturated rings. The fourth-order valence-electron chi connectivity index (χ4n) is 7.83. The molecule has 12 rings (SSSR count). The molecule has 2 aliphatic rings. The van der Waals surface area contributed by atoms with Crippen LogP contribution >= 0.6 is 22.7 Å². The second kappa shape index (κ2) is 13.1. The predicted molar refractivity (Wildman–Crippen MR) is 234 cm³/mol. The van der Waals surface area contributed by atoms with Gasteiger partial charge in [-0.1, -0.05) is 48.5 Å². The minimum Gasteiger partial charge on any atom is -0.453 e. The SMILES string of the molecule is c1ccc2c(c1)Oc1ccccc1N2c1cc(-c2cc(-c3nc4cnccc4s3)cc(-c3nc4cnccc4s3)c2)cc(N2c3ccccc3Oc3ccccc32)c1. The summed E-state index contributed by atoms with van der Waals surface area (Å²) in [7, 11) is 0. The van der Waals surface area contributed by atoms with Gasteiger partial charge in [-0.05, 0) is 108 Å². The molecule has 0 radical (unpaired) electrons. The smallest absolute Gasteiger partial charge is 0.151 e. The lowest BCUT2D eigenvalue weighted by Gasteiger charge is -2.36. The summed E-state index contributed by atoms with van der Waals surface area (Å²) in [6.45, 7) is 0. The minimum atomic E-state index is 0.787. The van der Waals surface area contributed by atoms with Gasteiger partial charge in [-0.15, -0.1) is 22.7 Å². The van der Waals surface area contributed by atoms with Gasteiger partial charge in [-0.25, -0.2) is 9.97 Å². The Labute approximate surface area is 340 Å². The van der Waals surface area contributed by atoms with E-state index in [0.717, 1.165) is 110 Å². The van der Waals surface area contributed by atoms with Crippen molar-refractivity contribution >= 4 is 77.2 Å². The van der Waals surface area contributed by atoms with Crippen molar-refractivity contribution in [1.29, 1.82) is 0 Å².